The highest BCUT2D eigenvalue weighted by Crippen LogP contribution is 2.21. The minimum absolute atomic E-state index is 0.144. The number of likely N-dealkylation sites (tertiary alicyclic amines) is 1. The van der Waals surface area contributed by atoms with Gasteiger partial charge in [-0.3, -0.25) is 4.90 Å². The Morgan fingerprint density at radius 3 is 2.81 bits per heavy atom. The first kappa shape index (κ1) is 18.9. The average Bonchev–Trinajstić information content (AvgIpc) is 2.70. The molecule has 0 radical (unpaired) electrons. The molecule has 2 aromatic rings. The fourth-order valence-electron chi connectivity index (χ4n) is 3.39. The van der Waals surface area contributed by atoms with Crippen molar-refractivity contribution in [3.63, 3.8) is 0 Å². The summed E-state index contributed by atoms with van der Waals surface area (Å²) in [5.74, 6) is -0.298. The number of halogens is 1. The predicted molar refractivity (Wildman–Crippen MR) is 103 cm³/mol. The molecule has 0 aromatic heterocycles. The van der Waals surface area contributed by atoms with Crippen molar-refractivity contribution < 1.29 is 9.18 Å². The van der Waals surface area contributed by atoms with E-state index in [4.69, 9.17) is 5.26 Å². The van der Waals surface area contributed by atoms with Gasteiger partial charge in [0.1, 0.15) is 5.82 Å². The molecule has 0 spiro atoms. The lowest BCUT2D eigenvalue weighted by atomic mass is 10.0. The first-order valence-electron chi connectivity index (χ1n) is 9.18. The van der Waals surface area contributed by atoms with Gasteiger partial charge in [-0.1, -0.05) is 24.6 Å². The highest BCUT2D eigenvalue weighted by molar-refractivity contribution is 5.89. The molecule has 1 heterocycles. The number of rotatable bonds is 5. The number of para-hydroxylation sites is 1. The van der Waals surface area contributed by atoms with Gasteiger partial charge in [0.2, 0.25) is 0 Å². The lowest BCUT2D eigenvalue weighted by Gasteiger charge is -2.36. The van der Waals surface area contributed by atoms with Crippen LogP contribution in [0.4, 0.5) is 14.9 Å². The summed E-state index contributed by atoms with van der Waals surface area (Å²) in [6.45, 7) is 1.79. The zero-order valence-electron chi connectivity index (χ0n) is 15.1. The van der Waals surface area contributed by atoms with Crippen LogP contribution in [0.2, 0.25) is 0 Å². The van der Waals surface area contributed by atoms with Crippen LogP contribution in [0.3, 0.4) is 0 Å². The summed E-state index contributed by atoms with van der Waals surface area (Å²) < 4.78 is 14.1. The summed E-state index contributed by atoms with van der Waals surface area (Å²) in [6.07, 6.45) is 3.08. The monoisotopic (exact) mass is 366 g/mol. The predicted octanol–water partition coefficient (Wildman–Crippen LogP) is 3.87. The Hall–Kier alpha value is -2.91. The smallest absolute Gasteiger partial charge is 0.319 e. The Labute approximate surface area is 158 Å². The third-order valence-electron chi connectivity index (χ3n) is 4.83. The SMILES string of the molecule is N#Cc1ccc(F)c(CN2CCCCC2CNC(=O)Nc2ccccc2)c1. The standard InChI is InChI=1S/C21H23FN4O/c22-20-10-9-16(13-23)12-17(20)15-26-11-5-4-8-19(26)14-24-21(27)25-18-6-2-1-3-7-18/h1-3,6-7,9-10,12,19H,4-5,8,11,14-15H2,(H2,24,25,27). The lowest BCUT2D eigenvalue weighted by molar-refractivity contribution is 0.137. The molecule has 5 nitrogen and oxygen atoms in total. The zero-order valence-corrected chi connectivity index (χ0v) is 15.1. The number of urea groups is 1. The van der Waals surface area contributed by atoms with Gasteiger partial charge >= 0.3 is 6.03 Å². The summed E-state index contributed by atoms with van der Waals surface area (Å²) in [4.78, 5) is 14.3. The minimum Gasteiger partial charge on any atom is -0.336 e. The van der Waals surface area contributed by atoms with Crippen molar-refractivity contribution in [3.05, 3.63) is 65.5 Å². The second-order valence-corrected chi connectivity index (χ2v) is 6.74. The fraction of sp³-hybridized carbons (Fsp3) is 0.333. The molecule has 1 unspecified atom stereocenters. The molecule has 140 valence electrons. The van der Waals surface area contributed by atoms with E-state index in [1.165, 1.54) is 12.1 Å². The quantitative estimate of drug-likeness (QED) is 0.844. The molecule has 0 saturated carbocycles. The molecule has 2 N–H and O–H groups in total. The Morgan fingerprint density at radius 1 is 1.22 bits per heavy atom. The average molecular weight is 366 g/mol. The Bertz CT molecular complexity index is 819. The molecule has 1 saturated heterocycles. The van der Waals surface area contributed by atoms with Crippen LogP contribution < -0.4 is 10.6 Å². The molecule has 2 amide bonds. The fourth-order valence-corrected chi connectivity index (χ4v) is 3.39. The molecule has 1 fully saturated rings. The molecule has 1 atom stereocenters. The van der Waals surface area contributed by atoms with Crippen LogP contribution in [0, 0.1) is 17.1 Å². The van der Waals surface area contributed by atoms with Crippen LogP contribution in [0.15, 0.2) is 48.5 Å². The summed E-state index contributed by atoms with van der Waals surface area (Å²) in [7, 11) is 0. The second-order valence-electron chi connectivity index (χ2n) is 6.74. The van der Waals surface area contributed by atoms with Gasteiger partial charge in [-0.2, -0.15) is 5.26 Å². The van der Waals surface area contributed by atoms with Gasteiger partial charge < -0.3 is 10.6 Å². The molecule has 3 rings (SSSR count). The molecule has 6 heteroatoms. The van der Waals surface area contributed by atoms with Gasteiger partial charge in [-0.05, 0) is 49.7 Å². The Morgan fingerprint density at radius 2 is 2.04 bits per heavy atom. The van der Waals surface area contributed by atoms with E-state index in [1.54, 1.807) is 6.07 Å². The number of nitriles is 1. The largest absolute Gasteiger partial charge is 0.336 e. The molecule has 0 bridgehead atoms. The number of carbonyl (C=O) groups is 1. The normalized spacial score (nSPS) is 17.1. The molecular weight excluding hydrogens is 343 g/mol. The number of anilines is 1. The maximum Gasteiger partial charge on any atom is 0.319 e. The van der Waals surface area contributed by atoms with Crippen molar-refractivity contribution in [2.75, 3.05) is 18.4 Å². The number of piperidine rings is 1. The molecular formula is C21H23FN4O. The van der Waals surface area contributed by atoms with Crippen molar-refractivity contribution in [2.45, 2.75) is 31.8 Å². The van der Waals surface area contributed by atoms with E-state index in [9.17, 15) is 9.18 Å². The van der Waals surface area contributed by atoms with E-state index in [2.05, 4.69) is 21.6 Å². The van der Waals surface area contributed by atoms with Gasteiger partial charge in [-0.15, -0.1) is 0 Å². The number of benzene rings is 2. The van der Waals surface area contributed by atoms with Crippen LogP contribution in [0.25, 0.3) is 0 Å². The van der Waals surface area contributed by atoms with Crippen LogP contribution in [-0.4, -0.2) is 30.1 Å². The number of amides is 2. The molecule has 2 aromatic carbocycles. The Balaban J connectivity index is 1.59. The second kappa shape index (κ2) is 9.15. The van der Waals surface area contributed by atoms with Gasteiger partial charge in [0.25, 0.3) is 0 Å². The lowest BCUT2D eigenvalue weighted by Crippen LogP contribution is -2.47. The third-order valence-corrected chi connectivity index (χ3v) is 4.83. The number of hydrogen-bond donors (Lipinski definition) is 2. The van der Waals surface area contributed by atoms with E-state index in [0.717, 1.165) is 31.5 Å². The first-order valence-corrected chi connectivity index (χ1v) is 9.18. The molecule has 0 aliphatic carbocycles. The third kappa shape index (κ3) is 5.28. The number of nitrogens with zero attached hydrogens (tertiary/aromatic N) is 2. The van der Waals surface area contributed by atoms with Crippen molar-refractivity contribution in [1.82, 2.24) is 10.2 Å². The van der Waals surface area contributed by atoms with Crippen LogP contribution in [0.1, 0.15) is 30.4 Å². The maximum atomic E-state index is 14.1. The van der Waals surface area contributed by atoms with Crippen molar-refractivity contribution >= 4 is 11.7 Å². The first-order chi connectivity index (χ1) is 13.2. The zero-order chi connectivity index (χ0) is 19.1. The van der Waals surface area contributed by atoms with Crippen LogP contribution >= 0.6 is 0 Å². The van der Waals surface area contributed by atoms with Crippen molar-refractivity contribution in [2.24, 2.45) is 0 Å². The van der Waals surface area contributed by atoms with Gasteiger partial charge in [0, 0.05) is 30.4 Å². The van der Waals surface area contributed by atoms with Crippen molar-refractivity contribution in [1.29, 1.82) is 5.26 Å². The maximum absolute atomic E-state index is 14.1. The Kier molecular flexibility index (Phi) is 6.39. The van der Waals surface area contributed by atoms with E-state index < -0.39 is 0 Å². The summed E-state index contributed by atoms with van der Waals surface area (Å²) >= 11 is 0. The van der Waals surface area contributed by atoms with Gasteiger partial charge in [0.15, 0.2) is 0 Å². The number of hydrogen-bond acceptors (Lipinski definition) is 3. The summed E-state index contributed by atoms with van der Waals surface area (Å²) in [6, 6.07) is 15.7. The number of carbonyl (C=O) groups excluding carboxylic acids is 1. The van der Waals surface area contributed by atoms with Crippen molar-refractivity contribution in [3.8, 4) is 6.07 Å². The molecule has 27 heavy (non-hydrogen) atoms. The topological polar surface area (TPSA) is 68.2 Å². The van der Waals surface area contributed by atoms with E-state index in [-0.39, 0.29) is 17.9 Å². The molecule has 1 aliphatic heterocycles. The van der Waals surface area contributed by atoms with Crippen LogP contribution in [0.5, 0.6) is 0 Å². The summed E-state index contributed by atoms with van der Waals surface area (Å²) in [5, 5.41) is 14.8. The summed E-state index contributed by atoms with van der Waals surface area (Å²) in [5.41, 5.74) is 1.72. The minimum atomic E-state index is -0.298. The van der Waals surface area contributed by atoms with Crippen LogP contribution in [-0.2, 0) is 6.54 Å². The van der Waals surface area contributed by atoms with E-state index in [0.29, 0.717) is 24.2 Å². The highest BCUT2D eigenvalue weighted by Gasteiger charge is 2.24. The van der Waals surface area contributed by atoms with E-state index >= 15 is 0 Å². The van der Waals surface area contributed by atoms with Gasteiger partial charge in [-0.25, -0.2) is 9.18 Å². The molecule has 1 aliphatic rings. The van der Waals surface area contributed by atoms with E-state index in [1.807, 2.05) is 30.3 Å². The highest BCUT2D eigenvalue weighted by atomic mass is 19.1. The van der Waals surface area contributed by atoms with Gasteiger partial charge in [0.05, 0.1) is 11.6 Å². The number of nitrogens with one attached hydrogen (secondary N) is 2.